The van der Waals surface area contributed by atoms with E-state index in [0.717, 1.165) is 50.1 Å². The minimum absolute atomic E-state index is 0. The third kappa shape index (κ3) is 17.9. The number of carbonyl (C=O) groups is 3. The zero-order valence-corrected chi connectivity index (χ0v) is 27.8. The topological polar surface area (TPSA) is 223 Å². The van der Waals surface area contributed by atoms with Crippen LogP contribution in [0.5, 0.6) is 17.2 Å². The number of hydrogen-bond donors (Lipinski definition) is 6. The number of aromatic hydroxyl groups is 3. The second kappa shape index (κ2) is 24.5. The van der Waals surface area contributed by atoms with E-state index in [1.807, 2.05) is 77.9 Å². The molecule has 0 amide bonds. The van der Waals surface area contributed by atoms with Crippen molar-refractivity contribution in [3.8, 4) is 17.2 Å². The first-order valence-corrected chi connectivity index (χ1v) is 14.7. The molecule has 0 unspecified atom stereocenters. The maximum absolute atomic E-state index is 11.8. The van der Waals surface area contributed by atoms with Gasteiger partial charge in [0, 0.05) is 19.3 Å². The van der Waals surface area contributed by atoms with Gasteiger partial charge in [0.2, 0.25) is 6.79 Å². The number of carboxylic acid groups (broad SMARTS) is 1. The molecule has 0 saturated heterocycles. The molecule has 0 aliphatic heterocycles. The first-order valence-electron chi connectivity index (χ1n) is 14.7. The van der Waals surface area contributed by atoms with Gasteiger partial charge in [-0.05, 0) is 111 Å². The highest BCUT2D eigenvalue weighted by atomic mass is 16.7. The van der Waals surface area contributed by atoms with Crippen LogP contribution in [-0.2, 0) is 43.1 Å². The van der Waals surface area contributed by atoms with Crippen LogP contribution in [0, 0.1) is 41.5 Å². The van der Waals surface area contributed by atoms with E-state index in [0.29, 0.717) is 25.0 Å². The van der Waals surface area contributed by atoms with Gasteiger partial charge in [-0.25, -0.2) is 0 Å². The van der Waals surface area contributed by atoms with Gasteiger partial charge < -0.3 is 45.6 Å². The SMILES string of the molecule is C.C.Cc1cc(CCC(=O)O)cc(C)c1O.Cc1cc(CCC(=O)OCOC(=O)CCc2cc(C)c(O)c(C)c2)cc(C)c1O.O.OCO. The summed E-state index contributed by atoms with van der Waals surface area (Å²) >= 11 is 0. The minimum Gasteiger partial charge on any atom is -0.507 e. The summed E-state index contributed by atoms with van der Waals surface area (Å²) in [6.45, 7) is 9.71. The van der Waals surface area contributed by atoms with Gasteiger partial charge in [0.1, 0.15) is 24.0 Å². The molecule has 0 fully saturated rings. The summed E-state index contributed by atoms with van der Waals surface area (Å²) in [4.78, 5) is 34.0. The van der Waals surface area contributed by atoms with Gasteiger partial charge in [0.15, 0.2) is 0 Å². The first kappa shape index (κ1) is 48.7. The highest BCUT2D eigenvalue weighted by Crippen LogP contribution is 2.25. The molecule has 0 aliphatic carbocycles. The van der Waals surface area contributed by atoms with E-state index in [4.69, 9.17) is 24.8 Å². The third-order valence-corrected chi connectivity index (χ3v) is 6.96. The fourth-order valence-electron chi connectivity index (χ4n) is 4.62. The van der Waals surface area contributed by atoms with Crippen LogP contribution in [0.1, 0.15) is 84.2 Å². The monoisotopic (exact) mass is 692 g/mol. The Kier molecular flexibility index (Phi) is 24.4. The fraction of sp³-hybridized carbons (Fsp3) is 0.432. The lowest BCUT2D eigenvalue weighted by atomic mass is 10.0. The van der Waals surface area contributed by atoms with Gasteiger partial charge in [-0.3, -0.25) is 14.4 Å². The fourth-order valence-corrected chi connectivity index (χ4v) is 4.62. The molecule has 0 aromatic heterocycles. The van der Waals surface area contributed by atoms with Crippen LogP contribution in [-0.4, -0.2) is 67.6 Å². The number of benzene rings is 3. The smallest absolute Gasteiger partial charge is 0.308 e. The maximum atomic E-state index is 11.8. The zero-order valence-electron chi connectivity index (χ0n) is 27.8. The molecule has 3 rings (SSSR count). The van der Waals surface area contributed by atoms with E-state index in [1.54, 1.807) is 0 Å². The van der Waals surface area contributed by atoms with Crippen LogP contribution in [0.2, 0.25) is 0 Å². The van der Waals surface area contributed by atoms with E-state index < -0.39 is 31.5 Å². The van der Waals surface area contributed by atoms with Crippen molar-refractivity contribution in [3.05, 3.63) is 86.5 Å². The van der Waals surface area contributed by atoms with Crippen molar-refractivity contribution in [1.82, 2.24) is 0 Å². The molecule has 0 atom stereocenters. The number of ether oxygens (including phenoxy) is 2. The molecular weight excluding hydrogens is 636 g/mol. The molecule has 49 heavy (non-hydrogen) atoms. The molecule has 12 nitrogen and oxygen atoms in total. The van der Waals surface area contributed by atoms with Crippen LogP contribution < -0.4 is 0 Å². The Morgan fingerprint density at radius 2 is 0.755 bits per heavy atom. The molecule has 0 bridgehead atoms. The Balaban J connectivity index is -0.000000894. The summed E-state index contributed by atoms with van der Waals surface area (Å²) in [6.07, 6.45) is 1.92. The lowest BCUT2D eigenvalue weighted by molar-refractivity contribution is -0.167. The van der Waals surface area contributed by atoms with E-state index in [9.17, 15) is 29.7 Å². The van der Waals surface area contributed by atoms with Crippen molar-refractivity contribution in [3.63, 3.8) is 0 Å². The lowest BCUT2D eigenvalue weighted by Crippen LogP contribution is -2.13. The van der Waals surface area contributed by atoms with Gasteiger partial charge in [-0.1, -0.05) is 51.3 Å². The highest BCUT2D eigenvalue weighted by molar-refractivity contribution is 5.71. The molecule has 276 valence electrons. The maximum Gasteiger partial charge on any atom is 0.308 e. The second-order valence-corrected chi connectivity index (χ2v) is 10.9. The zero-order chi connectivity index (χ0) is 35.0. The molecular formula is C37H56O12. The molecule has 3 aromatic carbocycles. The van der Waals surface area contributed by atoms with Crippen LogP contribution >= 0.6 is 0 Å². The molecule has 0 radical (unpaired) electrons. The average Bonchev–Trinajstić information content (AvgIpc) is 2.98. The number of aliphatic carboxylic acids is 1. The Labute approximate surface area is 289 Å². The number of aryl methyl sites for hydroxylation is 9. The average molecular weight is 693 g/mol. The van der Waals surface area contributed by atoms with Crippen LogP contribution in [0.3, 0.4) is 0 Å². The van der Waals surface area contributed by atoms with E-state index in [-0.39, 0.29) is 51.1 Å². The van der Waals surface area contributed by atoms with Crippen LogP contribution in [0.15, 0.2) is 36.4 Å². The van der Waals surface area contributed by atoms with Gasteiger partial charge in [-0.15, -0.1) is 0 Å². The summed E-state index contributed by atoms with van der Waals surface area (Å²) < 4.78 is 9.92. The normalized spacial score (nSPS) is 9.55. The Bertz CT molecular complexity index is 1340. The summed E-state index contributed by atoms with van der Waals surface area (Å²) in [6, 6.07) is 11.0. The number of carboxylic acids is 1. The van der Waals surface area contributed by atoms with Crippen molar-refractivity contribution >= 4 is 17.9 Å². The predicted octanol–water partition coefficient (Wildman–Crippen LogP) is 5.34. The van der Waals surface area contributed by atoms with Crippen LogP contribution in [0.4, 0.5) is 0 Å². The standard InChI is InChI=1S/C23H28O6.C11H14O3.CH4O2.2CH4.H2O/c1-14-9-18(10-15(2)22(14)26)5-7-20(24)28-13-29-21(25)8-6-19-11-16(3)23(27)17(4)12-19;1-7-5-9(3-4-10(12)13)6-8(2)11(7)14;2-1-3;;;/h9-12,26-27H,5-8,13H2,1-4H3;5-6,14H,3-4H2,1-2H3,(H,12,13);2-3H,1H2;2*1H4;1H2. The van der Waals surface area contributed by atoms with Crippen molar-refractivity contribution in [1.29, 1.82) is 0 Å². The number of hydrogen-bond acceptors (Lipinski definition) is 10. The third-order valence-electron chi connectivity index (χ3n) is 6.96. The summed E-state index contributed by atoms with van der Waals surface area (Å²) in [5.74, 6) is -0.879. The second-order valence-electron chi connectivity index (χ2n) is 10.9. The Morgan fingerprint density at radius 3 is 0.980 bits per heavy atom. The minimum atomic E-state index is -0.798. The van der Waals surface area contributed by atoms with E-state index in [1.165, 1.54) is 0 Å². The Hall–Kier alpha value is -4.65. The molecule has 0 aliphatic rings. The molecule has 0 saturated carbocycles. The van der Waals surface area contributed by atoms with Crippen molar-refractivity contribution in [2.75, 3.05) is 13.6 Å². The number of aliphatic hydroxyl groups is 2. The number of phenols is 3. The molecule has 12 heteroatoms. The molecule has 8 N–H and O–H groups in total. The molecule has 3 aromatic rings. The number of aliphatic hydroxyl groups excluding tert-OH is 1. The van der Waals surface area contributed by atoms with Crippen molar-refractivity contribution < 1.29 is 60.0 Å². The van der Waals surface area contributed by atoms with Gasteiger partial charge >= 0.3 is 17.9 Å². The van der Waals surface area contributed by atoms with Gasteiger partial charge in [0.25, 0.3) is 0 Å². The Morgan fingerprint density at radius 1 is 0.531 bits per heavy atom. The molecule has 0 heterocycles. The van der Waals surface area contributed by atoms with E-state index >= 15 is 0 Å². The quantitative estimate of drug-likeness (QED) is 0.111. The summed E-state index contributed by atoms with van der Waals surface area (Å²) in [5, 5.41) is 51.8. The van der Waals surface area contributed by atoms with E-state index in [2.05, 4.69) is 0 Å². The van der Waals surface area contributed by atoms with Crippen molar-refractivity contribution in [2.45, 2.75) is 94.9 Å². The largest absolute Gasteiger partial charge is 0.507 e. The summed E-state index contributed by atoms with van der Waals surface area (Å²) in [7, 11) is 0. The molecule has 0 spiro atoms. The lowest BCUT2D eigenvalue weighted by Gasteiger charge is -2.09. The number of esters is 2. The number of carbonyl (C=O) groups excluding carboxylic acids is 2. The predicted molar refractivity (Wildman–Crippen MR) is 189 cm³/mol. The van der Waals surface area contributed by atoms with Crippen molar-refractivity contribution in [2.24, 2.45) is 0 Å². The van der Waals surface area contributed by atoms with Gasteiger partial charge in [0.05, 0.1) is 0 Å². The highest BCUT2D eigenvalue weighted by Gasteiger charge is 2.11. The van der Waals surface area contributed by atoms with Gasteiger partial charge in [-0.2, -0.15) is 0 Å². The van der Waals surface area contributed by atoms with Crippen LogP contribution in [0.25, 0.3) is 0 Å². The number of rotatable bonds is 11. The first-order chi connectivity index (χ1) is 21.6. The number of phenolic OH excluding ortho intramolecular Hbond substituents is 3. The summed E-state index contributed by atoms with van der Waals surface area (Å²) in [5.41, 5.74) is 7.48.